The molecular formula is C15H17N3O. The van der Waals surface area contributed by atoms with Gasteiger partial charge in [-0.3, -0.25) is 4.79 Å². The van der Waals surface area contributed by atoms with Gasteiger partial charge in [-0.1, -0.05) is 25.1 Å². The Morgan fingerprint density at radius 3 is 2.53 bits per heavy atom. The summed E-state index contributed by atoms with van der Waals surface area (Å²) < 4.78 is 0. The third-order valence-corrected chi connectivity index (χ3v) is 2.59. The number of carbonyl (C=O) groups is 1. The maximum Gasteiger partial charge on any atom is 0.269 e. The fourth-order valence-electron chi connectivity index (χ4n) is 1.62. The van der Waals surface area contributed by atoms with Crippen molar-refractivity contribution in [2.24, 2.45) is 0 Å². The van der Waals surface area contributed by atoms with Crippen LogP contribution in [0.1, 0.15) is 23.8 Å². The van der Waals surface area contributed by atoms with Crippen molar-refractivity contribution in [3.8, 4) is 0 Å². The lowest BCUT2D eigenvalue weighted by Gasteiger charge is -2.07. The summed E-state index contributed by atoms with van der Waals surface area (Å²) in [5, 5.41) is 6.01. The van der Waals surface area contributed by atoms with Crippen LogP contribution in [0.5, 0.6) is 0 Å². The van der Waals surface area contributed by atoms with Crippen LogP contribution in [-0.2, 0) is 0 Å². The normalized spacial score (nSPS) is 9.95. The van der Waals surface area contributed by atoms with Crippen LogP contribution in [0.25, 0.3) is 0 Å². The van der Waals surface area contributed by atoms with Gasteiger partial charge in [-0.15, -0.1) is 0 Å². The first-order chi connectivity index (χ1) is 9.29. The fourth-order valence-corrected chi connectivity index (χ4v) is 1.62. The smallest absolute Gasteiger partial charge is 0.269 e. The highest BCUT2D eigenvalue weighted by Crippen LogP contribution is 2.14. The lowest BCUT2D eigenvalue weighted by molar-refractivity contribution is 0.0949. The molecule has 98 valence electrons. The van der Waals surface area contributed by atoms with Crippen LogP contribution in [0.3, 0.4) is 0 Å². The molecule has 0 fully saturated rings. The molecule has 2 N–H and O–H groups in total. The fraction of sp³-hybridized carbons (Fsp3) is 0.200. The van der Waals surface area contributed by atoms with E-state index in [0.717, 1.165) is 17.8 Å². The first-order valence-corrected chi connectivity index (χ1v) is 6.36. The second-order valence-electron chi connectivity index (χ2n) is 4.18. The van der Waals surface area contributed by atoms with Crippen molar-refractivity contribution in [1.29, 1.82) is 0 Å². The first kappa shape index (κ1) is 13.1. The van der Waals surface area contributed by atoms with Crippen molar-refractivity contribution in [3.63, 3.8) is 0 Å². The summed E-state index contributed by atoms with van der Waals surface area (Å²) >= 11 is 0. The van der Waals surface area contributed by atoms with Crippen LogP contribution in [0, 0.1) is 0 Å². The van der Waals surface area contributed by atoms with E-state index >= 15 is 0 Å². The highest BCUT2D eigenvalue weighted by molar-refractivity contribution is 5.92. The lowest BCUT2D eigenvalue weighted by atomic mass is 10.3. The van der Waals surface area contributed by atoms with Crippen LogP contribution in [0.2, 0.25) is 0 Å². The standard InChI is InChI=1S/C15H17N3O/c1-2-10-16-15(19)14-9-8-13(11-17-14)18-12-6-4-3-5-7-12/h3-9,11,18H,2,10H2,1H3,(H,16,19). The van der Waals surface area contributed by atoms with Crippen molar-refractivity contribution in [3.05, 3.63) is 54.4 Å². The van der Waals surface area contributed by atoms with Gasteiger partial charge in [0.05, 0.1) is 11.9 Å². The third kappa shape index (κ3) is 3.81. The van der Waals surface area contributed by atoms with Crippen molar-refractivity contribution in [2.75, 3.05) is 11.9 Å². The van der Waals surface area contributed by atoms with Gasteiger partial charge in [0, 0.05) is 12.2 Å². The maximum absolute atomic E-state index is 11.7. The number of anilines is 2. The Bertz CT molecular complexity index is 523. The highest BCUT2D eigenvalue weighted by Gasteiger charge is 2.05. The largest absolute Gasteiger partial charge is 0.354 e. The molecule has 0 saturated carbocycles. The molecule has 4 heteroatoms. The van der Waals surface area contributed by atoms with Gasteiger partial charge in [-0.25, -0.2) is 4.98 Å². The number of para-hydroxylation sites is 1. The van der Waals surface area contributed by atoms with Gasteiger partial charge < -0.3 is 10.6 Å². The van der Waals surface area contributed by atoms with Gasteiger partial charge in [0.2, 0.25) is 0 Å². The zero-order chi connectivity index (χ0) is 13.5. The van der Waals surface area contributed by atoms with E-state index in [2.05, 4.69) is 15.6 Å². The lowest BCUT2D eigenvalue weighted by Crippen LogP contribution is -2.24. The Balaban J connectivity index is 2.00. The van der Waals surface area contributed by atoms with E-state index < -0.39 is 0 Å². The average molecular weight is 255 g/mol. The molecule has 0 radical (unpaired) electrons. The molecule has 1 heterocycles. The summed E-state index contributed by atoms with van der Waals surface area (Å²) in [6, 6.07) is 13.4. The van der Waals surface area contributed by atoms with Gasteiger partial charge in [-0.05, 0) is 30.7 Å². The van der Waals surface area contributed by atoms with Gasteiger partial charge >= 0.3 is 0 Å². The second-order valence-corrected chi connectivity index (χ2v) is 4.18. The molecule has 0 aliphatic heterocycles. The number of rotatable bonds is 5. The summed E-state index contributed by atoms with van der Waals surface area (Å²) in [5.41, 5.74) is 2.29. The number of aromatic nitrogens is 1. The molecule has 2 aromatic rings. The van der Waals surface area contributed by atoms with Gasteiger partial charge in [0.15, 0.2) is 0 Å². The van der Waals surface area contributed by atoms with Crippen LogP contribution < -0.4 is 10.6 Å². The number of carbonyl (C=O) groups excluding carboxylic acids is 1. The predicted molar refractivity (Wildman–Crippen MR) is 76.6 cm³/mol. The van der Waals surface area contributed by atoms with Crippen molar-refractivity contribution >= 4 is 17.3 Å². The number of pyridine rings is 1. The Morgan fingerprint density at radius 1 is 1.11 bits per heavy atom. The minimum Gasteiger partial charge on any atom is -0.354 e. The van der Waals surface area contributed by atoms with Gasteiger partial charge in [-0.2, -0.15) is 0 Å². The molecule has 4 nitrogen and oxygen atoms in total. The molecule has 0 saturated heterocycles. The van der Waals surface area contributed by atoms with Crippen LogP contribution in [0.15, 0.2) is 48.7 Å². The van der Waals surface area contributed by atoms with E-state index in [1.807, 2.05) is 43.3 Å². The number of nitrogens with zero attached hydrogens (tertiary/aromatic N) is 1. The molecule has 0 unspecified atom stereocenters. The highest BCUT2D eigenvalue weighted by atomic mass is 16.1. The van der Waals surface area contributed by atoms with Crippen LogP contribution in [-0.4, -0.2) is 17.4 Å². The van der Waals surface area contributed by atoms with Crippen molar-refractivity contribution in [1.82, 2.24) is 10.3 Å². The third-order valence-electron chi connectivity index (χ3n) is 2.59. The van der Waals surface area contributed by atoms with E-state index in [-0.39, 0.29) is 5.91 Å². The van der Waals surface area contributed by atoms with Crippen LogP contribution >= 0.6 is 0 Å². The minimum absolute atomic E-state index is 0.131. The molecule has 0 atom stereocenters. The molecule has 1 amide bonds. The van der Waals surface area contributed by atoms with Crippen molar-refractivity contribution < 1.29 is 4.79 Å². The number of hydrogen-bond donors (Lipinski definition) is 2. The summed E-state index contributed by atoms with van der Waals surface area (Å²) in [5.74, 6) is -0.131. The van der Waals surface area contributed by atoms with E-state index in [4.69, 9.17) is 0 Å². The second kappa shape index (κ2) is 6.54. The maximum atomic E-state index is 11.7. The Morgan fingerprint density at radius 2 is 1.89 bits per heavy atom. The number of nitrogens with one attached hydrogen (secondary N) is 2. The van der Waals surface area contributed by atoms with Gasteiger partial charge in [0.1, 0.15) is 5.69 Å². The molecule has 0 bridgehead atoms. The molecule has 2 rings (SSSR count). The quantitative estimate of drug-likeness (QED) is 0.863. The zero-order valence-corrected chi connectivity index (χ0v) is 10.9. The zero-order valence-electron chi connectivity index (χ0n) is 10.9. The summed E-state index contributed by atoms with van der Waals surface area (Å²) in [6.07, 6.45) is 2.58. The van der Waals surface area contributed by atoms with Crippen LogP contribution in [0.4, 0.5) is 11.4 Å². The van der Waals surface area contributed by atoms with E-state index in [0.29, 0.717) is 12.2 Å². The van der Waals surface area contributed by atoms with E-state index in [1.54, 1.807) is 12.3 Å². The number of benzene rings is 1. The molecule has 1 aromatic heterocycles. The molecule has 1 aromatic carbocycles. The molecule has 0 spiro atoms. The molecule has 0 aliphatic carbocycles. The number of amides is 1. The number of hydrogen-bond acceptors (Lipinski definition) is 3. The predicted octanol–water partition coefficient (Wildman–Crippen LogP) is 2.97. The summed E-state index contributed by atoms with van der Waals surface area (Å²) in [6.45, 7) is 2.69. The topological polar surface area (TPSA) is 54.0 Å². The summed E-state index contributed by atoms with van der Waals surface area (Å²) in [4.78, 5) is 15.8. The van der Waals surface area contributed by atoms with E-state index in [1.165, 1.54) is 0 Å². The van der Waals surface area contributed by atoms with Gasteiger partial charge in [0.25, 0.3) is 5.91 Å². The monoisotopic (exact) mass is 255 g/mol. The van der Waals surface area contributed by atoms with E-state index in [9.17, 15) is 4.79 Å². The average Bonchev–Trinajstić information content (AvgIpc) is 2.46. The van der Waals surface area contributed by atoms with Crippen molar-refractivity contribution in [2.45, 2.75) is 13.3 Å². The molecular weight excluding hydrogens is 238 g/mol. The molecule has 19 heavy (non-hydrogen) atoms. The minimum atomic E-state index is -0.131. The SMILES string of the molecule is CCCNC(=O)c1ccc(Nc2ccccc2)cn1. The molecule has 0 aliphatic rings. The summed E-state index contributed by atoms with van der Waals surface area (Å²) in [7, 11) is 0. The first-order valence-electron chi connectivity index (χ1n) is 6.36. The Labute approximate surface area is 112 Å². The Kier molecular flexibility index (Phi) is 4.50. The Hall–Kier alpha value is -2.36.